The van der Waals surface area contributed by atoms with Gasteiger partial charge in [0.05, 0.1) is 10.5 Å². The van der Waals surface area contributed by atoms with Crippen molar-refractivity contribution in [3.05, 3.63) is 29.3 Å². The average Bonchev–Trinajstić information content (AvgIpc) is 2.50. The molecule has 5 heteroatoms. The fourth-order valence-corrected chi connectivity index (χ4v) is 3.80. The Balaban J connectivity index is 2.29. The Morgan fingerprint density at radius 2 is 2.00 bits per heavy atom. The first kappa shape index (κ1) is 13.4. The smallest absolute Gasteiger partial charge is 0.274 e. The van der Waals surface area contributed by atoms with Crippen LogP contribution < -0.4 is 0 Å². The molecular weight excluding hydrogens is 250 g/mol. The Hall–Kier alpha value is -1.04. The maximum atomic E-state index is 12.2. The summed E-state index contributed by atoms with van der Waals surface area (Å²) in [6.45, 7) is 4.36. The molecule has 1 aliphatic rings. The molecule has 0 aliphatic carbocycles. The minimum atomic E-state index is -3.11. The van der Waals surface area contributed by atoms with Crippen molar-refractivity contribution in [2.75, 3.05) is 6.54 Å². The van der Waals surface area contributed by atoms with E-state index in [1.54, 1.807) is 18.2 Å². The summed E-state index contributed by atoms with van der Waals surface area (Å²) in [6, 6.07) is 5.18. The zero-order chi connectivity index (χ0) is 13.3. The lowest BCUT2D eigenvalue weighted by atomic mass is 10.1. The Kier molecular flexibility index (Phi) is 3.66. The number of amides is 1. The van der Waals surface area contributed by atoms with Crippen molar-refractivity contribution >= 4 is 16.7 Å². The molecule has 100 valence electrons. The Labute approximate surface area is 109 Å². The highest BCUT2D eigenvalue weighted by Gasteiger charge is 2.40. The largest absolute Gasteiger partial charge is 0.277 e. The van der Waals surface area contributed by atoms with Crippen LogP contribution in [0.25, 0.3) is 0 Å². The lowest BCUT2D eigenvalue weighted by Crippen LogP contribution is -2.28. The topological polar surface area (TPSA) is 60.8 Å². The fraction of sp³-hybridized carbons (Fsp3) is 0.462. The molecular formula is C13H19NO3S. The van der Waals surface area contributed by atoms with Crippen molar-refractivity contribution in [2.45, 2.75) is 38.0 Å². The number of rotatable bonds is 4. The number of nitrogens with zero attached hydrogens (tertiary/aromatic N) is 1. The monoisotopic (exact) mass is 269 g/mol. The first-order valence-electron chi connectivity index (χ1n) is 6.19. The van der Waals surface area contributed by atoms with Gasteiger partial charge in [-0.25, -0.2) is 4.31 Å². The Bertz CT molecular complexity index is 473. The van der Waals surface area contributed by atoms with Crippen molar-refractivity contribution in [2.24, 2.45) is 0 Å². The van der Waals surface area contributed by atoms with E-state index in [1.165, 1.54) is 4.31 Å². The van der Waals surface area contributed by atoms with Crippen LogP contribution in [0.2, 0.25) is 0 Å². The van der Waals surface area contributed by atoms with Crippen LogP contribution in [0, 0.1) is 6.92 Å². The molecule has 1 aromatic carbocycles. The van der Waals surface area contributed by atoms with Crippen LogP contribution >= 0.6 is 10.8 Å². The third-order valence-electron chi connectivity index (χ3n) is 3.16. The summed E-state index contributed by atoms with van der Waals surface area (Å²) in [6.07, 6.45) is 2.81. The summed E-state index contributed by atoms with van der Waals surface area (Å²) in [5.41, 5.74) is 1.39. The highest BCUT2D eigenvalue weighted by atomic mass is 32.3. The average molecular weight is 269 g/mol. The molecule has 0 saturated heterocycles. The van der Waals surface area contributed by atoms with Crippen molar-refractivity contribution in [1.82, 2.24) is 4.31 Å². The van der Waals surface area contributed by atoms with Crippen LogP contribution in [-0.2, 0) is 0 Å². The van der Waals surface area contributed by atoms with Gasteiger partial charge in [0.15, 0.2) is 0 Å². The first-order valence-corrected chi connectivity index (χ1v) is 7.69. The molecule has 4 nitrogen and oxygen atoms in total. The SMILES string of the molecule is CCCCCN1C(=O)c2cc(C)ccc2S1(O)O. The maximum absolute atomic E-state index is 12.2. The molecule has 0 fully saturated rings. The molecule has 1 heterocycles. The summed E-state index contributed by atoms with van der Waals surface area (Å²) >= 11 is 0. The molecule has 2 rings (SSSR count). The van der Waals surface area contributed by atoms with Gasteiger partial charge >= 0.3 is 0 Å². The molecule has 0 unspecified atom stereocenters. The van der Waals surface area contributed by atoms with E-state index in [9.17, 15) is 13.9 Å². The van der Waals surface area contributed by atoms with Gasteiger partial charge in [0, 0.05) is 6.54 Å². The zero-order valence-corrected chi connectivity index (χ0v) is 11.5. The van der Waals surface area contributed by atoms with Gasteiger partial charge in [0.1, 0.15) is 0 Å². The predicted octanol–water partition coefficient (Wildman–Crippen LogP) is 3.67. The number of hydrogen-bond donors (Lipinski definition) is 2. The van der Waals surface area contributed by atoms with Gasteiger partial charge in [-0.05, 0) is 25.5 Å². The van der Waals surface area contributed by atoms with Crippen LogP contribution in [0.15, 0.2) is 23.1 Å². The van der Waals surface area contributed by atoms with Crippen molar-refractivity contribution < 1.29 is 13.9 Å². The van der Waals surface area contributed by atoms with E-state index >= 15 is 0 Å². The van der Waals surface area contributed by atoms with E-state index in [0.717, 1.165) is 24.8 Å². The number of hydrogen-bond acceptors (Lipinski definition) is 3. The van der Waals surface area contributed by atoms with E-state index in [0.29, 0.717) is 17.0 Å². The van der Waals surface area contributed by atoms with E-state index in [2.05, 4.69) is 6.92 Å². The van der Waals surface area contributed by atoms with E-state index in [1.807, 2.05) is 6.92 Å². The lowest BCUT2D eigenvalue weighted by molar-refractivity contribution is 0.0861. The summed E-state index contributed by atoms with van der Waals surface area (Å²) < 4.78 is 21.7. The summed E-state index contributed by atoms with van der Waals surface area (Å²) in [7, 11) is -3.11. The minimum absolute atomic E-state index is 0.259. The molecule has 2 N–H and O–H groups in total. The molecule has 1 amide bonds. The van der Waals surface area contributed by atoms with Crippen molar-refractivity contribution in [3.63, 3.8) is 0 Å². The number of aryl methyl sites for hydroxylation is 1. The first-order chi connectivity index (χ1) is 8.48. The highest BCUT2D eigenvalue weighted by molar-refractivity contribution is 8.23. The molecule has 0 bridgehead atoms. The standard InChI is InChI=1S/C13H19NO3S/c1-3-4-5-8-14-13(15)11-9-10(2)6-7-12(11)18(14,16)17/h6-7,9,16-17H,3-5,8H2,1-2H3. The van der Waals surface area contributed by atoms with Gasteiger partial charge in [-0.1, -0.05) is 42.2 Å². The molecule has 1 aromatic rings. The second-order valence-electron chi connectivity index (χ2n) is 4.63. The van der Waals surface area contributed by atoms with Gasteiger partial charge in [-0.3, -0.25) is 13.9 Å². The van der Waals surface area contributed by atoms with Gasteiger partial charge < -0.3 is 0 Å². The van der Waals surface area contributed by atoms with Crippen LogP contribution in [-0.4, -0.2) is 25.9 Å². The predicted molar refractivity (Wildman–Crippen MR) is 72.9 cm³/mol. The van der Waals surface area contributed by atoms with Gasteiger partial charge in [0.2, 0.25) is 0 Å². The zero-order valence-electron chi connectivity index (χ0n) is 10.7. The van der Waals surface area contributed by atoms with Crippen LogP contribution in [0.3, 0.4) is 0 Å². The van der Waals surface area contributed by atoms with Gasteiger partial charge in [-0.2, -0.15) is 0 Å². The second kappa shape index (κ2) is 4.91. The highest BCUT2D eigenvalue weighted by Crippen LogP contribution is 2.58. The molecule has 18 heavy (non-hydrogen) atoms. The fourth-order valence-electron chi connectivity index (χ4n) is 2.15. The molecule has 0 atom stereocenters. The lowest BCUT2D eigenvalue weighted by Gasteiger charge is -2.36. The quantitative estimate of drug-likeness (QED) is 0.820. The number of benzene rings is 1. The summed E-state index contributed by atoms with van der Waals surface area (Å²) in [5, 5.41) is 0. The molecule has 0 aromatic heterocycles. The Morgan fingerprint density at radius 3 is 2.67 bits per heavy atom. The van der Waals surface area contributed by atoms with Crippen molar-refractivity contribution in [1.29, 1.82) is 0 Å². The van der Waals surface area contributed by atoms with Crippen LogP contribution in [0.5, 0.6) is 0 Å². The van der Waals surface area contributed by atoms with E-state index in [4.69, 9.17) is 0 Å². The molecule has 0 saturated carbocycles. The number of unbranched alkanes of at least 4 members (excludes halogenated alkanes) is 2. The summed E-state index contributed by atoms with van der Waals surface area (Å²) in [4.78, 5) is 12.6. The minimum Gasteiger partial charge on any atom is -0.277 e. The van der Waals surface area contributed by atoms with E-state index in [-0.39, 0.29) is 5.91 Å². The molecule has 1 aliphatic heterocycles. The third kappa shape index (κ3) is 2.13. The second-order valence-corrected chi connectivity index (χ2v) is 6.55. The molecule has 0 radical (unpaired) electrons. The number of fused-ring (bicyclic) bond motifs is 1. The summed E-state index contributed by atoms with van der Waals surface area (Å²) in [5.74, 6) is -0.259. The number of carbonyl (C=O) groups is 1. The van der Waals surface area contributed by atoms with Gasteiger partial charge in [0.25, 0.3) is 5.91 Å². The number of carbonyl (C=O) groups excluding carboxylic acids is 1. The Morgan fingerprint density at radius 1 is 1.28 bits per heavy atom. The van der Waals surface area contributed by atoms with Crippen LogP contribution in [0.1, 0.15) is 42.1 Å². The molecule has 0 spiro atoms. The maximum Gasteiger partial charge on any atom is 0.274 e. The normalized spacial score (nSPS) is 18.9. The van der Waals surface area contributed by atoms with Gasteiger partial charge in [-0.15, -0.1) is 0 Å². The third-order valence-corrected chi connectivity index (χ3v) is 5.07. The van der Waals surface area contributed by atoms with Crippen molar-refractivity contribution in [3.8, 4) is 0 Å². The van der Waals surface area contributed by atoms with E-state index < -0.39 is 10.8 Å². The van der Waals surface area contributed by atoms with Crippen LogP contribution in [0.4, 0.5) is 0 Å².